The number of carbonyl (C=O) groups excluding carboxylic acids is 1. The van der Waals surface area contributed by atoms with Gasteiger partial charge in [-0.05, 0) is 79.0 Å². The first-order valence-electron chi connectivity index (χ1n) is 11.7. The Labute approximate surface area is 210 Å². The SMILES string of the molecule is CCOc1ccc(C=Nc2sc3c(c2C(=O)NCc2ccco2)CC[C@H](C(C)(C)C)C3)cc1Cl. The molecule has 1 N–H and O–H groups in total. The standard InChI is InChI=1S/C27H31ClN2O3S/c1-5-32-22-11-8-17(13-21(22)28)15-30-26-24(25(31)29-16-19-7-6-12-33-19)20-10-9-18(27(2,3)4)14-23(20)34-26/h6-8,11-13,15,18H,5,9-10,14,16H2,1-4H3,(H,29,31)/t18-/m0/s1. The van der Waals surface area contributed by atoms with E-state index in [4.69, 9.17) is 25.7 Å². The lowest BCUT2D eigenvalue weighted by Crippen LogP contribution is -2.28. The van der Waals surface area contributed by atoms with E-state index in [0.717, 1.165) is 41.2 Å². The van der Waals surface area contributed by atoms with Gasteiger partial charge >= 0.3 is 0 Å². The van der Waals surface area contributed by atoms with Crippen molar-refractivity contribution in [2.24, 2.45) is 16.3 Å². The Balaban J connectivity index is 1.63. The summed E-state index contributed by atoms with van der Waals surface area (Å²) in [5.41, 5.74) is 2.91. The second-order valence-electron chi connectivity index (χ2n) is 9.63. The van der Waals surface area contributed by atoms with Crippen LogP contribution < -0.4 is 10.1 Å². The molecule has 0 bridgehead atoms. The zero-order chi connectivity index (χ0) is 24.3. The number of hydrogen-bond acceptors (Lipinski definition) is 5. The fraction of sp³-hybridized carbons (Fsp3) is 0.407. The maximum atomic E-state index is 13.3. The number of nitrogens with one attached hydrogen (secondary N) is 1. The molecule has 2 heterocycles. The molecule has 0 saturated carbocycles. The molecular weight excluding hydrogens is 468 g/mol. The minimum atomic E-state index is -0.111. The monoisotopic (exact) mass is 498 g/mol. The first kappa shape index (κ1) is 24.6. The molecule has 1 aliphatic carbocycles. The van der Waals surface area contributed by atoms with E-state index in [0.29, 0.717) is 35.4 Å². The van der Waals surface area contributed by atoms with Gasteiger partial charge in [0.25, 0.3) is 5.91 Å². The Morgan fingerprint density at radius 3 is 2.85 bits per heavy atom. The number of halogens is 1. The third-order valence-electron chi connectivity index (χ3n) is 6.29. The highest BCUT2D eigenvalue weighted by Crippen LogP contribution is 2.45. The van der Waals surface area contributed by atoms with Crippen LogP contribution in [0, 0.1) is 11.3 Å². The molecule has 0 aliphatic heterocycles. The van der Waals surface area contributed by atoms with E-state index in [1.54, 1.807) is 23.8 Å². The molecule has 2 aromatic heterocycles. The highest BCUT2D eigenvalue weighted by molar-refractivity contribution is 7.16. The third kappa shape index (κ3) is 5.56. The van der Waals surface area contributed by atoms with E-state index in [1.807, 2.05) is 37.3 Å². The number of thiophene rings is 1. The van der Waals surface area contributed by atoms with Crippen LogP contribution in [0.2, 0.25) is 5.02 Å². The summed E-state index contributed by atoms with van der Waals surface area (Å²) in [6, 6.07) is 9.26. The second kappa shape index (κ2) is 10.4. The molecule has 180 valence electrons. The molecule has 3 aromatic rings. The molecule has 0 radical (unpaired) electrons. The van der Waals surface area contributed by atoms with E-state index in [1.165, 1.54) is 4.88 Å². The fourth-order valence-corrected chi connectivity index (χ4v) is 5.82. The van der Waals surface area contributed by atoms with Crippen LogP contribution in [0.25, 0.3) is 0 Å². The van der Waals surface area contributed by atoms with Gasteiger partial charge < -0.3 is 14.5 Å². The van der Waals surface area contributed by atoms with Gasteiger partial charge in [0.15, 0.2) is 0 Å². The van der Waals surface area contributed by atoms with Crippen molar-refractivity contribution in [3.63, 3.8) is 0 Å². The molecule has 5 nitrogen and oxygen atoms in total. The summed E-state index contributed by atoms with van der Waals surface area (Å²) in [6.45, 7) is 9.71. The Morgan fingerprint density at radius 2 is 2.18 bits per heavy atom. The van der Waals surface area contributed by atoms with Crippen LogP contribution in [0.15, 0.2) is 46.0 Å². The number of ether oxygens (including phenoxy) is 1. The molecular formula is C27H31ClN2O3S. The van der Waals surface area contributed by atoms with Crippen LogP contribution >= 0.6 is 22.9 Å². The van der Waals surface area contributed by atoms with Crippen molar-refractivity contribution in [1.29, 1.82) is 0 Å². The Kier molecular flexibility index (Phi) is 7.48. The summed E-state index contributed by atoms with van der Waals surface area (Å²) in [4.78, 5) is 19.3. The summed E-state index contributed by atoms with van der Waals surface area (Å²) < 4.78 is 10.9. The fourth-order valence-electron chi connectivity index (χ4n) is 4.31. The topological polar surface area (TPSA) is 63.8 Å². The number of aliphatic imine (C=N–C) groups is 1. The average Bonchev–Trinajstić information content (AvgIpc) is 3.44. The van der Waals surface area contributed by atoms with Crippen LogP contribution in [-0.4, -0.2) is 18.7 Å². The number of rotatable bonds is 7. The van der Waals surface area contributed by atoms with Gasteiger partial charge in [0.1, 0.15) is 16.5 Å². The van der Waals surface area contributed by atoms with E-state index in [2.05, 4.69) is 26.1 Å². The van der Waals surface area contributed by atoms with Crippen molar-refractivity contribution in [1.82, 2.24) is 5.32 Å². The molecule has 0 unspecified atom stereocenters. The summed E-state index contributed by atoms with van der Waals surface area (Å²) in [7, 11) is 0. The molecule has 0 saturated heterocycles. The first-order chi connectivity index (χ1) is 16.3. The van der Waals surface area contributed by atoms with Crippen molar-refractivity contribution >= 4 is 40.1 Å². The maximum absolute atomic E-state index is 13.3. The molecule has 0 fully saturated rings. The summed E-state index contributed by atoms with van der Waals surface area (Å²) in [6.07, 6.45) is 6.32. The van der Waals surface area contributed by atoms with Gasteiger partial charge in [0, 0.05) is 11.1 Å². The predicted molar refractivity (Wildman–Crippen MR) is 139 cm³/mol. The van der Waals surface area contributed by atoms with Crippen molar-refractivity contribution < 1.29 is 13.9 Å². The molecule has 0 spiro atoms. The first-order valence-corrected chi connectivity index (χ1v) is 12.9. The van der Waals surface area contributed by atoms with Gasteiger partial charge in [0.2, 0.25) is 0 Å². The lowest BCUT2D eigenvalue weighted by atomic mass is 9.72. The quantitative estimate of drug-likeness (QED) is 0.349. The Morgan fingerprint density at radius 1 is 1.35 bits per heavy atom. The van der Waals surface area contributed by atoms with Crippen molar-refractivity contribution in [2.45, 2.75) is 53.5 Å². The minimum Gasteiger partial charge on any atom is -0.492 e. The minimum absolute atomic E-state index is 0.111. The molecule has 1 amide bonds. The number of carbonyl (C=O) groups is 1. The number of nitrogens with zero attached hydrogens (tertiary/aromatic N) is 1. The van der Waals surface area contributed by atoms with E-state index in [9.17, 15) is 4.79 Å². The number of furan rings is 1. The number of hydrogen-bond donors (Lipinski definition) is 1. The van der Waals surface area contributed by atoms with Gasteiger partial charge in [0.05, 0.1) is 30.0 Å². The summed E-state index contributed by atoms with van der Waals surface area (Å²) >= 11 is 7.97. The van der Waals surface area contributed by atoms with Gasteiger partial charge in [-0.2, -0.15) is 0 Å². The predicted octanol–water partition coefficient (Wildman–Crippen LogP) is 7.22. The van der Waals surface area contributed by atoms with Crippen molar-refractivity contribution in [3.8, 4) is 5.75 Å². The highest BCUT2D eigenvalue weighted by atomic mass is 35.5. The molecule has 1 atom stereocenters. The average molecular weight is 499 g/mol. The van der Waals surface area contributed by atoms with Crippen LogP contribution in [0.1, 0.15) is 66.2 Å². The van der Waals surface area contributed by atoms with Crippen LogP contribution in [0.4, 0.5) is 5.00 Å². The number of benzene rings is 1. The third-order valence-corrected chi connectivity index (χ3v) is 7.75. The normalized spacial score (nSPS) is 16.0. The molecule has 7 heteroatoms. The summed E-state index contributed by atoms with van der Waals surface area (Å²) in [5, 5.41) is 4.29. The summed E-state index contributed by atoms with van der Waals surface area (Å²) in [5.74, 6) is 1.85. The van der Waals surface area contributed by atoms with Crippen LogP contribution in [-0.2, 0) is 19.4 Å². The molecule has 34 heavy (non-hydrogen) atoms. The largest absolute Gasteiger partial charge is 0.492 e. The smallest absolute Gasteiger partial charge is 0.255 e. The lowest BCUT2D eigenvalue weighted by molar-refractivity contribution is 0.0947. The lowest BCUT2D eigenvalue weighted by Gasteiger charge is -2.33. The van der Waals surface area contributed by atoms with Gasteiger partial charge in [-0.15, -0.1) is 11.3 Å². The molecule has 1 aliphatic rings. The van der Waals surface area contributed by atoms with E-state index >= 15 is 0 Å². The maximum Gasteiger partial charge on any atom is 0.255 e. The number of fused-ring (bicyclic) bond motifs is 1. The Bertz CT molecular complexity index is 1180. The zero-order valence-electron chi connectivity index (χ0n) is 20.1. The number of amides is 1. The van der Waals surface area contributed by atoms with Gasteiger partial charge in [-0.25, -0.2) is 4.99 Å². The van der Waals surface area contributed by atoms with E-state index in [-0.39, 0.29) is 11.3 Å². The van der Waals surface area contributed by atoms with Crippen LogP contribution in [0.3, 0.4) is 0 Å². The highest BCUT2D eigenvalue weighted by Gasteiger charge is 2.33. The zero-order valence-corrected chi connectivity index (χ0v) is 21.7. The molecule has 4 rings (SSSR count). The van der Waals surface area contributed by atoms with Crippen molar-refractivity contribution in [2.75, 3.05) is 6.61 Å². The Hall–Kier alpha value is -2.57. The van der Waals surface area contributed by atoms with Crippen molar-refractivity contribution in [3.05, 3.63) is 68.9 Å². The van der Waals surface area contributed by atoms with Crippen LogP contribution in [0.5, 0.6) is 5.75 Å². The molecule has 1 aromatic carbocycles. The van der Waals surface area contributed by atoms with E-state index < -0.39 is 0 Å². The van der Waals surface area contributed by atoms with Gasteiger partial charge in [-0.1, -0.05) is 32.4 Å². The van der Waals surface area contributed by atoms with Gasteiger partial charge in [-0.3, -0.25) is 4.79 Å². The second-order valence-corrected chi connectivity index (χ2v) is 11.1.